The highest BCUT2D eigenvalue weighted by molar-refractivity contribution is 5.82. The van der Waals surface area contributed by atoms with Crippen molar-refractivity contribution in [2.75, 3.05) is 6.54 Å². The summed E-state index contributed by atoms with van der Waals surface area (Å²) in [6.07, 6.45) is 3.13. The summed E-state index contributed by atoms with van der Waals surface area (Å²) in [7, 11) is 0. The second-order valence-corrected chi connectivity index (χ2v) is 4.98. The average molecular weight is 281 g/mol. The molecular weight excluding hydrogens is 262 g/mol. The number of carbonyl (C=O) groups is 2. The second-order valence-electron chi connectivity index (χ2n) is 4.98. The van der Waals surface area contributed by atoms with Crippen LogP contribution < -0.4 is 5.32 Å². The molecule has 1 aliphatic heterocycles. The van der Waals surface area contributed by atoms with Crippen molar-refractivity contribution in [1.82, 2.24) is 15.4 Å². The van der Waals surface area contributed by atoms with Crippen LogP contribution >= 0.6 is 0 Å². The van der Waals surface area contributed by atoms with Crippen LogP contribution in [-0.4, -0.2) is 39.8 Å². The summed E-state index contributed by atoms with van der Waals surface area (Å²) in [4.78, 5) is 24.8. The van der Waals surface area contributed by atoms with Crippen LogP contribution in [0.1, 0.15) is 37.1 Å². The molecule has 1 fully saturated rings. The van der Waals surface area contributed by atoms with E-state index in [1.165, 1.54) is 4.90 Å². The van der Waals surface area contributed by atoms with Crippen LogP contribution in [0.5, 0.6) is 0 Å². The summed E-state index contributed by atoms with van der Waals surface area (Å²) >= 11 is 0. The summed E-state index contributed by atoms with van der Waals surface area (Å²) in [6, 6.07) is 0.633. The van der Waals surface area contributed by atoms with E-state index in [-0.39, 0.29) is 12.6 Å². The van der Waals surface area contributed by atoms with Gasteiger partial charge in [-0.3, -0.25) is 0 Å². The SMILES string of the molecule is Cc1cc(CNC(=O)N2CCCCCC2C(=O)O)no1. The first-order valence-corrected chi connectivity index (χ1v) is 6.77. The second kappa shape index (κ2) is 6.40. The maximum atomic E-state index is 12.1. The summed E-state index contributed by atoms with van der Waals surface area (Å²) < 4.78 is 4.91. The summed E-state index contributed by atoms with van der Waals surface area (Å²) in [5.74, 6) is -0.272. The Bertz CT molecular complexity index is 486. The first-order valence-electron chi connectivity index (χ1n) is 6.77. The summed E-state index contributed by atoms with van der Waals surface area (Å²) in [6.45, 7) is 2.48. The van der Waals surface area contributed by atoms with Gasteiger partial charge in [0.2, 0.25) is 0 Å². The Morgan fingerprint density at radius 3 is 2.95 bits per heavy atom. The van der Waals surface area contributed by atoms with Crippen molar-refractivity contribution in [3.05, 3.63) is 17.5 Å². The predicted octanol–water partition coefficient (Wildman–Crippen LogP) is 1.52. The van der Waals surface area contributed by atoms with Crippen molar-refractivity contribution >= 4 is 12.0 Å². The van der Waals surface area contributed by atoms with E-state index in [0.29, 0.717) is 24.4 Å². The van der Waals surface area contributed by atoms with Crippen LogP contribution in [0.2, 0.25) is 0 Å². The van der Waals surface area contributed by atoms with Gasteiger partial charge in [0, 0.05) is 12.6 Å². The molecule has 2 rings (SSSR count). The number of nitrogens with one attached hydrogen (secondary N) is 1. The van der Waals surface area contributed by atoms with Gasteiger partial charge in [0.25, 0.3) is 0 Å². The largest absolute Gasteiger partial charge is 0.480 e. The molecule has 20 heavy (non-hydrogen) atoms. The zero-order valence-corrected chi connectivity index (χ0v) is 11.5. The van der Waals surface area contributed by atoms with E-state index in [1.807, 2.05) is 0 Å². The molecule has 0 radical (unpaired) electrons. The average Bonchev–Trinajstić information content (AvgIpc) is 2.68. The number of aromatic nitrogens is 1. The Hall–Kier alpha value is -2.05. The number of hydrogen-bond acceptors (Lipinski definition) is 4. The molecule has 7 heteroatoms. The van der Waals surface area contributed by atoms with E-state index >= 15 is 0 Å². The zero-order chi connectivity index (χ0) is 14.5. The zero-order valence-electron chi connectivity index (χ0n) is 11.5. The van der Waals surface area contributed by atoms with Crippen LogP contribution in [0.3, 0.4) is 0 Å². The molecule has 1 aromatic heterocycles. The number of carbonyl (C=O) groups excluding carboxylic acids is 1. The maximum absolute atomic E-state index is 12.1. The highest BCUT2D eigenvalue weighted by Gasteiger charge is 2.30. The van der Waals surface area contributed by atoms with Gasteiger partial charge in [-0.25, -0.2) is 9.59 Å². The Balaban J connectivity index is 1.96. The molecule has 2 heterocycles. The van der Waals surface area contributed by atoms with Gasteiger partial charge >= 0.3 is 12.0 Å². The highest BCUT2D eigenvalue weighted by Crippen LogP contribution is 2.17. The molecule has 7 nitrogen and oxygen atoms in total. The Kier molecular flexibility index (Phi) is 4.60. The minimum atomic E-state index is -0.945. The number of urea groups is 1. The Morgan fingerprint density at radius 1 is 1.50 bits per heavy atom. The van der Waals surface area contributed by atoms with Crippen molar-refractivity contribution in [3.63, 3.8) is 0 Å². The lowest BCUT2D eigenvalue weighted by molar-refractivity contribution is -0.142. The molecule has 110 valence electrons. The molecule has 1 atom stereocenters. The third-order valence-corrected chi connectivity index (χ3v) is 3.40. The lowest BCUT2D eigenvalue weighted by Gasteiger charge is -2.26. The number of hydrogen-bond donors (Lipinski definition) is 2. The summed E-state index contributed by atoms with van der Waals surface area (Å²) in [5.41, 5.74) is 0.623. The number of aliphatic carboxylic acids is 1. The molecule has 1 aromatic rings. The van der Waals surface area contributed by atoms with Crippen molar-refractivity contribution in [3.8, 4) is 0 Å². The van der Waals surface area contributed by atoms with Crippen molar-refractivity contribution in [1.29, 1.82) is 0 Å². The first kappa shape index (κ1) is 14.4. The van der Waals surface area contributed by atoms with E-state index < -0.39 is 12.0 Å². The van der Waals surface area contributed by atoms with E-state index in [0.717, 1.165) is 19.3 Å². The van der Waals surface area contributed by atoms with Gasteiger partial charge in [-0.05, 0) is 19.8 Å². The fraction of sp³-hybridized carbons (Fsp3) is 0.615. The van der Waals surface area contributed by atoms with Gasteiger partial charge in [-0.2, -0.15) is 0 Å². The lowest BCUT2D eigenvalue weighted by atomic mass is 10.1. The number of carboxylic acid groups (broad SMARTS) is 1. The van der Waals surface area contributed by atoms with Gasteiger partial charge in [0.05, 0.1) is 6.54 Å². The van der Waals surface area contributed by atoms with E-state index in [4.69, 9.17) is 4.52 Å². The first-order chi connectivity index (χ1) is 9.58. The van der Waals surface area contributed by atoms with Gasteiger partial charge in [-0.1, -0.05) is 18.0 Å². The molecule has 0 saturated carbocycles. The molecule has 2 N–H and O–H groups in total. The molecule has 1 aliphatic rings. The Morgan fingerprint density at radius 2 is 2.30 bits per heavy atom. The van der Waals surface area contributed by atoms with Crippen molar-refractivity contribution < 1.29 is 19.2 Å². The van der Waals surface area contributed by atoms with Crippen molar-refractivity contribution in [2.24, 2.45) is 0 Å². The minimum absolute atomic E-state index is 0.235. The normalized spacial score (nSPS) is 19.4. The number of carboxylic acids is 1. The quantitative estimate of drug-likeness (QED) is 0.875. The van der Waals surface area contributed by atoms with Crippen LogP contribution in [0.15, 0.2) is 10.6 Å². The molecular formula is C13H19N3O4. The maximum Gasteiger partial charge on any atom is 0.326 e. The molecule has 1 unspecified atom stereocenters. The number of rotatable bonds is 3. The van der Waals surface area contributed by atoms with Crippen LogP contribution in [-0.2, 0) is 11.3 Å². The molecule has 1 saturated heterocycles. The fourth-order valence-electron chi connectivity index (χ4n) is 2.38. The smallest absolute Gasteiger partial charge is 0.326 e. The monoisotopic (exact) mass is 281 g/mol. The minimum Gasteiger partial charge on any atom is -0.480 e. The van der Waals surface area contributed by atoms with Gasteiger partial charge in [0.15, 0.2) is 0 Å². The van der Waals surface area contributed by atoms with Gasteiger partial charge in [0.1, 0.15) is 17.5 Å². The molecule has 0 aliphatic carbocycles. The molecule has 0 bridgehead atoms. The summed E-state index contributed by atoms with van der Waals surface area (Å²) in [5, 5.41) is 15.7. The van der Waals surface area contributed by atoms with E-state index in [1.54, 1.807) is 13.0 Å². The molecule has 0 spiro atoms. The van der Waals surface area contributed by atoms with Gasteiger partial charge in [-0.15, -0.1) is 0 Å². The van der Waals surface area contributed by atoms with E-state index in [2.05, 4.69) is 10.5 Å². The topological polar surface area (TPSA) is 95.7 Å². The molecule has 0 aromatic carbocycles. The number of aryl methyl sites for hydroxylation is 1. The molecule has 2 amide bonds. The van der Waals surface area contributed by atoms with Crippen molar-refractivity contribution in [2.45, 2.75) is 45.2 Å². The van der Waals surface area contributed by atoms with Crippen LogP contribution in [0.25, 0.3) is 0 Å². The van der Waals surface area contributed by atoms with Gasteiger partial charge < -0.3 is 19.8 Å². The predicted molar refractivity (Wildman–Crippen MR) is 70.1 cm³/mol. The third-order valence-electron chi connectivity index (χ3n) is 3.40. The standard InChI is InChI=1S/C13H19N3O4/c1-9-7-10(15-20-9)8-14-13(19)16-6-4-2-3-5-11(16)12(17)18/h7,11H,2-6,8H2,1H3,(H,14,19)(H,17,18). The van der Waals surface area contributed by atoms with Crippen LogP contribution in [0.4, 0.5) is 4.79 Å². The third kappa shape index (κ3) is 3.49. The van der Waals surface area contributed by atoms with E-state index in [9.17, 15) is 14.7 Å². The number of nitrogens with zero attached hydrogens (tertiary/aromatic N) is 2. The Labute approximate surface area is 116 Å². The highest BCUT2D eigenvalue weighted by atomic mass is 16.5. The number of likely N-dealkylation sites (tertiary alicyclic amines) is 1. The fourth-order valence-corrected chi connectivity index (χ4v) is 2.38. The van der Waals surface area contributed by atoms with Crippen LogP contribution in [0, 0.1) is 6.92 Å². The lowest BCUT2D eigenvalue weighted by Crippen LogP contribution is -2.49. The number of amides is 2.